The molecule has 8 rings (SSSR count). The maximum atomic E-state index is 5.79. The van der Waals surface area contributed by atoms with Crippen LogP contribution in [-0.2, 0) is 12.8 Å². The Bertz CT molecular complexity index is 2390. The van der Waals surface area contributed by atoms with Gasteiger partial charge in [-0.1, -0.05) is 155 Å². The van der Waals surface area contributed by atoms with Gasteiger partial charge >= 0.3 is 0 Å². The number of anilines is 2. The quantitative estimate of drug-likeness (QED) is 0.173. The number of nitrogens with zero attached hydrogens (tertiary/aromatic N) is 4. The van der Waals surface area contributed by atoms with E-state index < -0.39 is 5.41 Å². The molecule has 2 aromatic carbocycles. The Hall–Kier alpha value is -3.04. The molecule has 2 aromatic heterocycles. The van der Waals surface area contributed by atoms with E-state index in [2.05, 4.69) is 180 Å². The number of hydrogen-bond acceptors (Lipinski definition) is 8. The number of fused-ring (bicyclic) bond motifs is 4. The molecule has 4 aromatic rings. The molecule has 0 fully saturated rings. The van der Waals surface area contributed by atoms with Gasteiger partial charge in [-0.05, 0) is 84.5 Å². The molecule has 0 radical (unpaired) electrons. The molecule has 61 heavy (non-hydrogen) atoms. The Morgan fingerprint density at radius 3 is 1.23 bits per heavy atom. The van der Waals surface area contributed by atoms with Gasteiger partial charge in [0, 0.05) is 37.4 Å². The largest absolute Gasteiger partial charge is 0.255 e. The van der Waals surface area contributed by atoms with Gasteiger partial charge in [0.15, 0.2) is 0 Å². The van der Waals surface area contributed by atoms with Crippen molar-refractivity contribution in [1.29, 1.82) is 0 Å². The van der Waals surface area contributed by atoms with E-state index in [4.69, 9.17) is 35.5 Å². The van der Waals surface area contributed by atoms with E-state index in [1.807, 2.05) is 0 Å². The molecule has 4 atom stereocenters. The second kappa shape index (κ2) is 15.6. The summed E-state index contributed by atoms with van der Waals surface area (Å²) < 4.78 is 4.56. The first-order valence-electron chi connectivity index (χ1n) is 22.3. The highest BCUT2D eigenvalue weighted by Crippen LogP contribution is 2.52. The smallest absolute Gasteiger partial charge is 0.0922 e. The summed E-state index contributed by atoms with van der Waals surface area (Å²) in [5.41, 5.74) is 10.3. The number of thiophene rings is 2. The third-order valence-corrected chi connectivity index (χ3v) is 15.1. The maximum absolute atomic E-state index is 5.79. The van der Waals surface area contributed by atoms with E-state index in [0.29, 0.717) is 0 Å². The van der Waals surface area contributed by atoms with Crippen molar-refractivity contribution in [2.45, 2.75) is 143 Å². The summed E-state index contributed by atoms with van der Waals surface area (Å²) in [6, 6.07) is 14.1. The van der Waals surface area contributed by atoms with Crippen LogP contribution in [0.15, 0.2) is 103 Å². The molecule has 0 amide bonds. The van der Waals surface area contributed by atoms with Crippen LogP contribution in [0.4, 0.5) is 11.4 Å². The van der Waals surface area contributed by atoms with Gasteiger partial charge in [0.25, 0.3) is 0 Å². The van der Waals surface area contributed by atoms with E-state index in [0.717, 1.165) is 56.9 Å². The number of benzene rings is 2. The molecule has 4 unspecified atom stereocenters. The van der Waals surface area contributed by atoms with Crippen molar-refractivity contribution < 1.29 is 0 Å². The second-order valence-corrected chi connectivity index (χ2v) is 27.2. The van der Waals surface area contributed by atoms with Crippen LogP contribution in [0.5, 0.6) is 0 Å². The third kappa shape index (κ3) is 9.17. The van der Waals surface area contributed by atoms with Crippen LogP contribution in [-0.4, -0.2) is 23.5 Å². The first kappa shape index (κ1) is 44.6. The van der Waals surface area contributed by atoms with Gasteiger partial charge in [-0.3, -0.25) is 10.0 Å². The summed E-state index contributed by atoms with van der Waals surface area (Å²) in [5.74, 6) is 0.160. The first-order valence-corrected chi connectivity index (χ1v) is 24.8. The van der Waals surface area contributed by atoms with Crippen molar-refractivity contribution in [3.8, 4) is 0 Å². The lowest BCUT2D eigenvalue weighted by molar-refractivity contribution is 0.410. The lowest BCUT2D eigenvalue weighted by Gasteiger charge is -2.34. The number of thiol groups is 2. The van der Waals surface area contributed by atoms with Crippen LogP contribution in [0.25, 0.3) is 20.2 Å². The fourth-order valence-corrected chi connectivity index (χ4v) is 13.1. The molecule has 2 aliphatic carbocycles. The second-order valence-electron chi connectivity index (χ2n) is 23.6. The van der Waals surface area contributed by atoms with Crippen molar-refractivity contribution in [2.75, 3.05) is 10.0 Å². The molecule has 0 spiro atoms. The lowest BCUT2D eigenvalue weighted by atomic mass is 9.68. The van der Waals surface area contributed by atoms with Crippen LogP contribution in [0, 0.1) is 38.9 Å². The van der Waals surface area contributed by atoms with Gasteiger partial charge in [0.2, 0.25) is 0 Å². The summed E-state index contributed by atoms with van der Waals surface area (Å²) >= 11 is 14.0. The van der Waals surface area contributed by atoms with Crippen LogP contribution in [0.2, 0.25) is 0 Å². The normalized spacial score (nSPS) is 22.2. The standard InChI is InChI=1S/C53H68N4S4/c1-49(2,3)27-31-17-21-39-37(23-31)45(54-56(39)43-35-19-15-33(29-51(7,8)9)25-41(35)60-47(43)58)53(13,14)46-38-24-32(28-50(4,5)6)18-22-40(38)57(55-46)44-36-20-16-34(30-52(10,11)12)26-42(36)61-48(44)59/h15-26,37-40,58-59H,27-30H2,1-14H3. The lowest BCUT2D eigenvalue weighted by Crippen LogP contribution is -2.43. The first-order chi connectivity index (χ1) is 28.2. The maximum Gasteiger partial charge on any atom is 0.0922 e. The Kier molecular flexibility index (Phi) is 11.4. The molecule has 8 heteroatoms. The molecular formula is C53H68N4S4. The minimum atomic E-state index is -0.483. The third-order valence-electron chi connectivity index (χ3n) is 12.3. The Morgan fingerprint density at radius 2 is 0.885 bits per heavy atom. The predicted octanol–water partition coefficient (Wildman–Crippen LogP) is 15.8. The highest BCUT2D eigenvalue weighted by atomic mass is 32.2. The zero-order valence-corrected chi connectivity index (χ0v) is 42.5. The molecule has 324 valence electrons. The minimum absolute atomic E-state index is 0.0373. The topological polar surface area (TPSA) is 31.2 Å². The van der Waals surface area contributed by atoms with E-state index in [1.165, 1.54) is 42.4 Å². The van der Waals surface area contributed by atoms with Gasteiger partial charge in [-0.25, -0.2) is 0 Å². The van der Waals surface area contributed by atoms with E-state index in [1.54, 1.807) is 22.7 Å². The van der Waals surface area contributed by atoms with Crippen molar-refractivity contribution in [3.05, 3.63) is 95.1 Å². The zero-order chi connectivity index (χ0) is 44.2. The molecule has 0 N–H and O–H groups in total. The Morgan fingerprint density at radius 1 is 0.525 bits per heavy atom. The molecule has 0 saturated carbocycles. The number of rotatable bonds is 8. The summed E-state index contributed by atoms with van der Waals surface area (Å²) in [5, 5.41) is 18.6. The molecule has 4 aliphatic rings. The predicted molar refractivity (Wildman–Crippen MR) is 275 cm³/mol. The highest BCUT2D eigenvalue weighted by Gasteiger charge is 2.52. The van der Waals surface area contributed by atoms with Crippen molar-refractivity contribution in [1.82, 2.24) is 0 Å². The number of allylic oxidation sites excluding steroid dienone is 4. The van der Waals surface area contributed by atoms with Gasteiger partial charge in [-0.2, -0.15) is 10.2 Å². The van der Waals surface area contributed by atoms with Crippen LogP contribution < -0.4 is 10.0 Å². The van der Waals surface area contributed by atoms with Crippen LogP contribution in [0.1, 0.15) is 121 Å². The molecule has 0 bridgehead atoms. The van der Waals surface area contributed by atoms with Gasteiger partial charge in [0.1, 0.15) is 0 Å². The molecule has 0 saturated heterocycles. The summed E-state index contributed by atoms with van der Waals surface area (Å²) in [6.07, 6.45) is 18.7. The highest BCUT2D eigenvalue weighted by molar-refractivity contribution is 7.83. The summed E-state index contributed by atoms with van der Waals surface area (Å²) in [7, 11) is 0. The summed E-state index contributed by atoms with van der Waals surface area (Å²) in [4.78, 5) is 0. The monoisotopic (exact) mass is 888 g/mol. The average molecular weight is 889 g/mol. The van der Waals surface area contributed by atoms with Gasteiger partial charge < -0.3 is 0 Å². The Labute approximate surface area is 385 Å². The van der Waals surface area contributed by atoms with Crippen LogP contribution in [0.3, 0.4) is 0 Å². The fraction of sp³-hybridized carbons (Fsp3) is 0.509. The fourth-order valence-electron chi connectivity index (χ4n) is 10.1. The summed E-state index contributed by atoms with van der Waals surface area (Å²) in [6.45, 7) is 32.6. The van der Waals surface area contributed by atoms with Gasteiger partial charge in [0.05, 0.1) is 43.3 Å². The van der Waals surface area contributed by atoms with Crippen molar-refractivity contribution >= 4 is 90.9 Å². The number of hydrazone groups is 2. The van der Waals surface area contributed by atoms with E-state index >= 15 is 0 Å². The molecule has 4 heterocycles. The SMILES string of the molecule is CC(C)(C)CC1=CC2C(C(C)(C)C3=NN(c4c(S)sc5cc(CC(C)(C)C)ccc45)C4C=CC(CC(C)(C)C)=CC34)=NN(c3c(S)sc4cc(CC(C)(C)C)ccc34)C2C=C1. The van der Waals surface area contributed by atoms with E-state index in [-0.39, 0.29) is 45.6 Å². The molecule has 4 nitrogen and oxygen atoms in total. The van der Waals surface area contributed by atoms with Crippen LogP contribution >= 0.6 is 47.9 Å². The molecular weight excluding hydrogens is 821 g/mol. The van der Waals surface area contributed by atoms with Gasteiger partial charge in [-0.15, -0.1) is 47.9 Å². The zero-order valence-electron chi connectivity index (χ0n) is 39.1. The molecule has 2 aliphatic heterocycles. The van der Waals surface area contributed by atoms with Crippen molar-refractivity contribution in [3.63, 3.8) is 0 Å². The van der Waals surface area contributed by atoms with Crippen molar-refractivity contribution in [2.24, 2.45) is 49.1 Å². The number of hydrogen-bond donors (Lipinski definition) is 2. The minimum Gasteiger partial charge on any atom is -0.255 e. The average Bonchev–Trinajstić information content (AvgIpc) is 3.84. The Balaban J connectivity index is 1.27. The van der Waals surface area contributed by atoms with E-state index in [9.17, 15) is 0 Å².